The zero-order valence-corrected chi connectivity index (χ0v) is 15.9. The van der Waals surface area contributed by atoms with Gasteiger partial charge in [0.05, 0.1) is 12.2 Å². The summed E-state index contributed by atoms with van der Waals surface area (Å²) in [5.74, 6) is -0.348. The van der Waals surface area contributed by atoms with Crippen LogP contribution in [0.25, 0.3) is 5.57 Å². The summed E-state index contributed by atoms with van der Waals surface area (Å²) in [4.78, 5) is 24.1. The van der Waals surface area contributed by atoms with Crippen LogP contribution in [0.4, 0.5) is 24.5 Å². The Bertz CT molecular complexity index is 1040. The molecule has 2 aromatic rings. The first-order valence-electron chi connectivity index (χ1n) is 9.58. The highest BCUT2D eigenvalue weighted by Crippen LogP contribution is 2.38. The van der Waals surface area contributed by atoms with Crippen LogP contribution in [0.1, 0.15) is 36.0 Å². The van der Waals surface area contributed by atoms with Crippen molar-refractivity contribution in [3.63, 3.8) is 0 Å². The molecule has 5 nitrogen and oxygen atoms in total. The summed E-state index contributed by atoms with van der Waals surface area (Å²) < 4.78 is 44.5. The Balaban J connectivity index is 1.57. The van der Waals surface area contributed by atoms with Gasteiger partial charge in [-0.05, 0) is 54.7 Å². The average molecular weight is 416 g/mol. The maximum Gasteiger partial charge on any atom is 0.416 e. The number of hydrogen-bond acceptors (Lipinski definition) is 3. The van der Waals surface area contributed by atoms with Gasteiger partial charge in [0.25, 0.3) is 0 Å². The molecule has 0 aromatic heterocycles. The van der Waals surface area contributed by atoms with Gasteiger partial charge in [-0.2, -0.15) is 13.2 Å². The van der Waals surface area contributed by atoms with Crippen LogP contribution in [0.5, 0.6) is 5.75 Å². The third kappa shape index (κ3) is 4.32. The molecule has 2 aliphatic heterocycles. The summed E-state index contributed by atoms with van der Waals surface area (Å²) in [5.41, 5.74) is 2.50. The van der Waals surface area contributed by atoms with Crippen molar-refractivity contribution in [3.05, 3.63) is 59.2 Å². The second-order valence-corrected chi connectivity index (χ2v) is 7.24. The first kappa shape index (κ1) is 20.0. The van der Waals surface area contributed by atoms with Gasteiger partial charge in [0.15, 0.2) is 0 Å². The summed E-state index contributed by atoms with van der Waals surface area (Å²) in [6.07, 6.45) is -0.906. The van der Waals surface area contributed by atoms with E-state index in [0.717, 1.165) is 17.7 Å². The van der Waals surface area contributed by atoms with Crippen LogP contribution in [0, 0.1) is 0 Å². The highest BCUT2D eigenvalue weighted by Gasteiger charge is 2.32. The van der Waals surface area contributed by atoms with Gasteiger partial charge < -0.3 is 15.4 Å². The smallest absolute Gasteiger partial charge is 0.416 e. The Hall–Kier alpha value is -3.29. The second kappa shape index (κ2) is 7.85. The minimum absolute atomic E-state index is 0.0682. The number of ether oxygens (including phenoxy) is 1. The number of rotatable bonds is 2. The molecule has 8 heteroatoms. The molecule has 0 fully saturated rings. The van der Waals surface area contributed by atoms with Crippen LogP contribution in [0.3, 0.4) is 0 Å². The zero-order valence-electron chi connectivity index (χ0n) is 15.9. The molecule has 2 aliphatic rings. The van der Waals surface area contributed by atoms with Crippen molar-refractivity contribution in [2.45, 2.75) is 31.9 Å². The van der Waals surface area contributed by atoms with E-state index in [-0.39, 0.29) is 18.3 Å². The molecule has 0 radical (unpaired) electrons. The average Bonchev–Trinajstić information content (AvgIpc) is 2.88. The molecule has 4 rings (SSSR count). The van der Waals surface area contributed by atoms with Crippen LogP contribution < -0.4 is 15.4 Å². The van der Waals surface area contributed by atoms with E-state index in [1.54, 1.807) is 12.1 Å². The van der Waals surface area contributed by atoms with E-state index in [4.69, 9.17) is 4.74 Å². The number of nitrogens with one attached hydrogen (secondary N) is 2. The number of hydrogen-bond donors (Lipinski definition) is 2. The number of allylic oxidation sites excluding steroid dienone is 1. The third-order valence-corrected chi connectivity index (χ3v) is 5.08. The molecule has 156 valence electrons. The summed E-state index contributed by atoms with van der Waals surface area (Å²) in [6.45, 7) is 0.276. The molecular formula is C22H19F3N2O3. The van der Waals surface area contributed by atoms with Crippen LogP contribution in [0.15, 0.2) is 42.5 Å². The molecule has 0 saturated heterocycles. The minimum Gasteiger partial charge on any atom is -0.493 e. The Morgan fingerprint density at radius 2 is 1.93 bits per heavy atom. The second-order valence-electron chi connectivity index (χ2n) is 7.24. The molecule has 2 amide bonds. The lowest BCUT2D eigenvalue weighted by atomic mass is 9.99. The van der Waals surface area contributed by atoms with Gasteiger partial charge in [-0.3, -0.25) is 9.59 Å². The van der Waals surface area contributed by atoms with Gasteiger partial charge in [-0.25, -0.2) is 0 Å². The number of halogens is 3. The number of fused-ring (bicyclic) bond motifs is 2. The number of amides is 2. The molecule has 2 aromatic carbocycles. The molecule has 30 heavy (non-hydrogen) atoms. The van der Waals surface area contributed by atoms with Gasteiger partial charge in [-0.15, -0.1) is 0 Å². The quantitative estimate of drug-likeness (QED) is 0.692. The number of alkyl halides is 3. The zero-order chi connectivity index (χ0) is 21.3. The molecule has 2 N–H and O–H groups in total. The monoisotopic (exact) mass is 416 g/mol. The van der Waals surface area contributed by atoms with E-state index in [2.05, 4.69) is 10.6 Å². The largest absolute Gasteiger partial charge is 0.493 e. The summed E-state index contributed by atoms with van der Waals surface area (Å²) in [7, 11) is 0. The lowest BCUT2D eigenvalue weighted by Gasteiger charge is -2.17. The summed E-state index contributed by atoms with van der Waals surface area (Å²) in [5, 5.41) is 5.53. The fourth-order valence-electron chi connectivity index (χ4n) is 3.60. The van der Waals surface area contributed by atoms with Gasteiger partial charge in [-0.1, -0.05) is 12.1 Å². The van der Waals surface area contributed by atoms with E-state index >= 15 is 0 Å². The predicted molar refractivity (Wildman–Crippen MR) is 106 cm³/mol. The lowest BCUT2D eigenvalue weighted by molar-refractivity contribution is -0.137. The third-order valence-electron chi connectivity index (χ3n) is 5.08. The van der Waals surface area contributed by atoms with Crippen molar-refractivity contribution in [2.75, 3.05) is 17.2 Å². The Morgan fingerprint density at radius 1 is 1.10 bits per heavy atom. The summed E-state index contributed by atoms with van der Waals surface area (Å²) >= 11 is 0. The van der Waals surface area contributed by atoms with Crippen LogP contribution >= 0.6 is 0 Å². The van der Waals surface area contributed by atoms with Crippen molar-refractivity contribution >= 4 is 28.8 Å². The number of aryl methyl sites for hydroxylation is 1. The number of benzene rings is 2. The highest BCUT2D eigenvalue weighted by molar-refractivity contribution is 6.05. The predicted octanol–water partition coefficient (Wildman–Crippen LogP) is 4.78. The maximum atomic E-state index is 13.0. The van der Waals surface area contributed by atoms with Crippen molar-refractivity contribution in [1.29, 1.82) is 0 Å². The van der Waals surface area contributed by atoms with Gasteiger partial charge in [0.2, 0.25) is 11.8 Å². The van der Waals surface area contributed by atoms with E-state index in [9.17, 15) is 22.8 Å². The van der Waals surface area contributed by atoms with Crippen LogP contribution in [-0.4, -0.2) is 18.4 Å². The molecule has 0 atom stereocenters. The van der Waals surface area contributed by atoms with E-state index < -0.39 is 17.6 Å². The van der Waals surface area contributed by atoms with Crippen molar-refractivity contribution in [3.8, 4) is 5.75 Å². The van der Waals surface area contributed by atoms with Gasteiger partial charge in [0, 0.05) is 29.4 Å². The van der Waals surface area contributed by atoms with Crippen LogP contribution in [0.2, 0.25) is 0 Å². The Morgan fingerprint density at radius 3 is 2.73 bits per heavy atom. The topological polar surface area (TPSA) is 67.4 Å². The first-order valence-corrected chi connectivity index (χ1v) is 9.58. The minimum atomic E-state index is -4.46. The van der Waals surface area contributed by atoms with Gasteiger partial charge in [0.1, 0.15) is 5.75 Å². The molecular weight excluding hydrogens is 397 g/mol. The molecule has 0 saturated carbocycles. The van der Waals surface area contributed by atoms with Crippen molar-refractivity contribution < 1.29 is 27.5 Å². The van der Waals surface area contributed by atoms with Crippen molar-refractivity contribution in [1.82, 2.24) is 0 Å². The Labute approximate surface area is 170 Å². The lowest BCUT2D eigenvalue weighted by Crippen LogP contribution is -2.19. The SMILES string of the molecule is O=C(/C=C1\CCCOc2cc(C(F)(F)F)ccc21)Nc1ccc2c(c1)NC(=O)CC2. The fraction of sp³-hybridized carbons (Fsp3) is 0.273. The molecule has 2 heterocycles. The maximum absolute atomic E-state index is 13.0. The summed E-state index contributed by atoms with van der Waals surface area (Å²) in [6, 6.07) is 8.61. The van der Waals surface area contributed by atoms with Crippen molar-refractivity contribution in [2.24, 2.45) is 0 Å². The van der Waals surface area contributed by atoms with E-state index in [0.29, 0.717) is 48.2 Å². The number of carbonyl (C=O) groups excluding carboxylic acids is 2. The first-order chi connectivity index (χ1) is 14.3. The Kier molecular flexibility index (Phi) is 5.24. The molecule has 0 spiro atoms. The fourth-order valence-corrected chi connectivity index (χ4v) is 3.60. The molecule has 0 aliphatic carbocycles. The normalized spacial score (nSPS) is 17.3. The number of anilines is 2. The standard InChI is InChI=1S/C22H19F3N2O3/c23-22(24,25)15-5-7-17-14(2-1-9-30-19(17)11-15)10-21(29)26-16-6-3-13-4-8-20(28)27-18(13)12-16/h3,5-7,10-12H,1-2,4,8-9H2,(H,26,29)(H,27,28)/b14-10+. The molecule has 0 bridgehead atoms. The van der Waals surface area contributed by atoms with Gasteiger partial charge >= 0.3 is 6.18 Å². The van der Waals surface area contributed by atoms with E-state index in [1.807, 2.05) is 6.07 Å². The number of carbonyl (C=O) groups is 2. The highest BCUT2D eigenvalue weighted by atomic mass is 19.4. The van der Waals surface area contributed by atoms with Crippen LogP contribution in [-0.2, 0) is 22.2 Å². The van der Waals surface area contributed by atoms with E-state index in [1.165, 1.54) is 12.1 Å². The molecule has 0 unspecified atom stereocenters.